The predicted molar refractivity (Wildman–Crippen MR) is 66.3 cm³/mol. The van der Waals surface area contributed by atoms with Gasteiger partial charge < -0.3 is 10.4 Å². The van der Waals surface area contributed by atoms with E-state index < -0.39 is 5.82 Å². The summed E-state index contributed by atoms with van der Waals surface area (Å²) < 4.78 is 13.1. The summed E-state index contributed by atoms with van der Waals surface area (Å²) in [6, 6.07) is 5.03. The summed E-state index contributed by atoms with van der Waals surface area (Å²) in [7, 11) is 0. The van der Waals surface area contributed by atoms with Gasteiger partial charge in [-0.25, -0.2) is 4.39 Å². The molecule has 0 atom stereocenters. The SMILES string of the molecule is CC1(C)C(NCc2cccc(F)c2O)C1(C)C. The molecule has 17 heavy (non-hydrogen) atoms. The highest BCUT2D eigenvalue weighted by molar-refractivity contribution is 5.33. The fraction of sp³-hybridized carbons (Fsp3) is 0.571. The van der Waals surface area contributed by atoms with Crippen molar-refractivity contribution in [3.63, 3.8) is 0 Å². The lowest BCUT2D eigenvalue weighted by molar-refractivity contribution is 0.421. The highest BCUT2D eigenvalue weighted by Gasteiger charge is 2.64. The molecule has 2 rings (SSSR count). The second-order valence-corrected chi connectivity index (χ2v) is 6.00. The zero-order valence-corrected chi connectivity index (χ0v) is 10.8. The van der Waals surface area contributed by atoms with E-state index in [1.807, 2.05) is 0 Å². The van der Waals surface area contributed by atoms with E-state index in [0.717, 1.165) is 0 Å². The summed E-state index contributed by atoms with van der Waals surface area (Å²) in [6.07, 6.45) is 0. The van der Waals surface area contributed by atoms with Crippen molar-refractivity contribution in [1.29, 1.82) is 0 Å². The number of hydrogen-bond donors (Lipinski definition) is 2. The molecule has 1 aromatic carbocycles. The van der Waals surface area contributed by atoms with Gasteiger partial charge in [0, 0.05) is 18.2 Å². The molecular formula is C14H20FNO. The molecule has 3 heteroatoms. The summed E-state index contributed by atoms with van der Waals surface area (Å²) in [5.41, 5.74) is 1.11. The van der Waals surface area contributed by atoms with Crippen LogP contribution in [-0.2, 0) is 6.54 Å². The molecule has 0 aromatic heterocycles. The van der Waals surface area contributed by atoms with Crippen LogP contribution >= 0.6 is 0 Å². The highest BCUT2D eigenvalue weighted by Crippen LogP contribution is 2.62. The molecule has 0 radical (unpaired) electrons. The third-order valence-corrected chi connectivity index (χ3v) is 4.59. The van der Waals surface area contributed by atoms with Gasteiger partial charge in [-0.15, -0.1) is 0 Å². The maximum absolute atomic E-state index is 13.1. The topological polar surface area (TPSA) is 32.3 Å². The van der Waals surface area contributed by atoms with Gasteiger partial charge >= 0.3 is 0 Å². The van der Waals surface area contributed by atoms with Crippen LogP contribution in [0.15, 0.2) is 18.2 Å². The summed E-state index contributed by atoms with van der Waals surface area (Å²) in [5, 5.41) is 13.0. The van der Waals surface area contributed by atoms with E-state index in [2.05, 4.69) is 33.0 Å². The molecule has 0 amide bonds. The maximum atomic E-state index is 13.1. The number of nitrogens with one attached hydrogen (secondary N) is 1. The third kappa shape index (κ3) is 1.82. The van der Waals surface area contributed by atoms with E-state index in [1.165, 1.54) is 6.07 Å². The van der Waals surface area contributed by atoms with Gasteiger partial charge in [-0.2, -0.15) is 0 Å². The van der Waals surface area contributed by atoms with Crippen molar-refractivity contribution in [2.75, 3.05) is 0 Å². The Kier molecular flexibility index (Phi) is 2.69. The van der Waals surface area contributed by atoms with Gasteiger partial charge in [0.2, 0.25) is 0 Å². The van der Waals surface area contributed by atoms with Crippen LogP contribution in [0.4, 0.5) is 4.39 Å². The quantitative estimate of drug-likeness (QED) is 0.846. The van der Waals surface area contributed by atoms with Gasteiger partial charge in [-0.1, -0.05) is 39.8 Å². The first kappa shape index (κ1) is 12.4. The first-order valence-electron chi connectivity index (χ1n) is 5.98. The molecular weight excluding hydrogens is 217 g/mol. The molecule has 0 spiro atoms. The zero-order valence-electron chi connectivity index (χ0n) is 10.8. The van der Waals surface area contributed by atoms with Crippen LogP contribution in [-0.4, -0.2) is 11.1 Å². The second kappa shape index (κ2) is 3.70. The Hall–Kier alpha value is -1.09. The second-order valence-electron chi connectivity index (χ2n) is 6.00. The first-order chi connectivity index (χ1) is 7.78. The highest BCUT2D eigenvalue weighted by atomic mass is 19.1. The molecule has 2 N–H and O–H groups in total. The molecule has 0 unspecified atom stereocenters. The van der Waals surface area contributed by atoms with Crippen molar-refractivity contribution < 1.29 is 9.50 Å². The fourth-order valence-electron chi connectivity index (χ4n) is 2.62. The lowest BCUT2D eigenvalue weighted by Gasteiger charge is -2.08. The average molecular weight is 237 g/mol. The minimum absolute atomic E-state index is 0.240. The molecule has 1 aliphatic carbocycles. The molecule has 1 saturated carbocycles. The van der Waals surface area contributed by atoms with Crippen LogP contribution in [0.25, 0.3) is 0 Å². The maximum Gasteiger partial charge on any atom is 0.165 e. The van der Waals surface area contributed by atoms with E-state index in [9.17, 15) is 9.50 Å². The Bertz CT molecular complexity index is 426. The Balaban J connectivity index is 2.03. The molecule has 1 aromatic rings. The third-order valence-electron chi connectivity index (χ3n) is 4.59. The van der Waals surface area contributed by atoms with Crippen molar-refractivity contribution in [3.8, 4) is 5.75 Å². The number of phenols is 1. The Morgan fingerprint density at radius 3 is 2.35 bits per heavy atom. The zero-order chi connectivity index (χ0) is 12.8. The first-order valence-corrected chi connectivity index (χ1v) is 5.98. The summed E-state index contributed by atoms with van der Waals surface area (Å²) in [5.74, 6) is -0.796. The van der Waals surface area contributed by atoms with Crippen molar-refractivity contribution in [3.05, 3.63) is 29.6 Å². The van der Waals surface area contributed by atoms with E-state index in [-0.39, 0.29) is 16.6 Å². The predicted octanol–water partition coefficient (Wildman–Crippen LogP) is 3.06. The standard InChI is InChI=1S/C14H20FNO/c1-13(2)12(14(13,3)4)16-8-9-6-5-7-10(15)11(9)17/h5-7,12,16-17H,8H2,1-4H3. The number of rotatable bonds is 3. The van der Waals surface area contributed by atoms with Gasteiger partial charge in [0.15, 0.2) is 11.6 Å². The van der Waals surface area contributed by atoms with Crippen LogP contribution in [0.2, 0.25) is 0 Å². The van der Waals surface area contributed by atoms with E-state index in [4.69, 9.17) is 0 Å². The van der Waals surface area contributed by atoms with Crippen molar-refractivity contribution >= 4 is 0 Å². The molecule has 0 bridgehead atoms. The fourth-order valence-corrected chi connectivity index (χ4v) is 2.62. The smallest absolute Gasteiger partial charge is 0.165 e. The van der Waals surface area contributed by atoms with Crippen molar-refractivity contribution in [2.24, 2.45) is 10.8 Å². The Morgan fingerprint density at radius 2 is 1.82 bits per heavy atom. The molecule has 0 aliphatic heterocycles. The van der Waals surface area contributed by atoms with Gasteiger partial charge in [-0.05, 0) is 16.9 Å². The Labute approximate surface area is 102 Å². The minimum atomic E-state index is -0.557. The van der Waals surface area contributed by atoms with Crippen molar-refractivity contribution in [1.82, 2.24) is 5.32 Å². The van der Waals surface area contributed by atoms with Crippen LogP contribution < -0.4 is 5.32 Å². The Morgan fingerprint density at radius 1 is 1.24 bits per heavy atom. The molecule has 94 valence electrons. The summed E-state index contributed by atoms with van der Waals surface area (Å²) in [4.78, 5) is 0. The van der Waals surface area contributed by atoms with Gasteiger partial charge in [0.05, 0.1) is 0 Å². The van der Waals surface area contributed by atoms with Crippen molar-refractivity contribution in [2.45, 2.75) is 40.3 Å². The lowest BCUT2D eigenvalue weighted by Crippen LogP contribution is -2.21. The molecule has 2 nitrogen and oxygen atoms in total. The van der Waals surface area contributed by atoms with Crippen LogP contribution in [0.5, 0.6) is 5.75 Å². The summed E-state index contributed by atoms with van der Waals surface area (Å²) >= 11 is 0. The number of aromatic hydroxyl groups is 1. The number of halogens is 1. The number of para-hydroxylation sites is 1. The van der Waals surface area contributed by atoms with E-state index in [1.54, 1.807) is 12.1 Å². The van der Waals surface area contributed by atoms with Gasteiger partial charge in [0.1, 0.15) is 0 Å². The van der Waals surface area contributed by atoms with E-state index in [0.29, 0.717) is 18.2 Å². The molecule has 0 heterocycles. The average Bonchev–Trinajstić information content (AvgIpc) is 2.61. The number of benzene rings is 1. The van der Waals surface area contributed by atoms with Gasteiger partial charge in [0.25, 0.3) is 0 Å². The van der Waals surface area contributed by atoms with Gasteiger partial charge in [-0.3, -0.25) is 0 Å². The largest absolute Gasteiger partial charge is 0.505 e. The lowest BCUT2D eigenvalue weighted by atomic mass is 10.0. The number of hydrogen-bond acceptors (Lipinski definition) is 2. The monoisotopic (exact) mass is 237 g/mol. The molecule has 1 fully saturated rings. The normalized spacial score (nSPS) is 21.5. The van der Waals surface area contributed by atoms with Crippen LogP contribution in [0, 0.1) is 16.6 Å². The molecule has 0 saturated heterocycles. The number of phenolic OH excluding ortho intramolecular Hbond substituents is 1. The minimum Gasteiger partial charge on any atom is -0.505 e. The van der Waals surface area contributed by atoms with E-state index >= 15 is 0 Å². The van der Waals surface area contributed by atoms with Crippen LogP contribution in [0.1, 0.15) is 33.3 Å². The van der Waals surface area contributed by atoms with Crippen LogP contribution in [0.3, 0.4) is 0 Å². The molecule has 1 aliphatic rings. The summed E-state index contributed by atoms with van der Waals surface area (Å²) in [6.45, 7) is 9.37.